The molecule has 1 aliphatic carbocycles. The van der Waals surface area contributed by atoms with E-state index in [9.17, 15) is 0 Å². The summed E-state index contributed by atoms with van der Waals surface area (Å²) in [7, 11) is 0. The average Bonchev–Trinajstić information content (AvgIpc) is 4.04. The summed E-state index contributed by atoms with van der Waals surface area (Å²) in [5.74, 6) is 0. The van der Waals surface area contributed by atoms with Crippen LogP contribution in [0.25, 0.3) is 163 Å². The second-order valence-corrected chi connectivity index (χ2v) is 19.8. The lowest BCUT2D eigenvalue weighted by Crippen LogP contribution is -2.28. The van der Waals surface area contributed by atoms with Gasteiger partial charge in [0.2, 0.25) is 0 Å². The third-order valence-electron chi connectivity index (χ3n) is 15.0. The quantitative estimate of drug-likeness (QED) is 0.105. The summed E-state index contributed by atoms with van der Waals surface area (Å²) in [6.45, 7) is 0. The highest BCUT2D eigenvalue weighted by Gasteiger charge is 2.25. The lowest BCUT2D eigenvalue weighted by molar-refractivity contribution is 1.13. The fourth-order valence-electron chi connectivity index (χ4n) is 12.2. The van der Waals surface area contributed by atoms with Crippen LogP contribution in [0.5, 0.6) is 0 Å². The van der Waals surface area contributed by atoms with Gasteiger partial charge >= 0.3 is 0 Å². The highest BCUT2D eigenvalue weighted by Crippen LogP contribution is 2.52. The highest BCUT2D eigenvalue weighted by atomic mass is 32.1. The van der Waals surface area contributed by atoms with E-state index in [1.807, 2.05) is 22.7 Å². The van der Waals surface area contributed by atoms with Crippen molar-refractivity contribution in [2.24, 2.45) is 0 Å². The molecule has 0 radical (unpaired) electrons. The Bertz CT molecular complexity index is 4770. The maximum atomic E-state index is 2.58. The second-order valence-electron chi connectivity index (χ2n) is 18.3. The van der Waals surface area contributed by atoms with Gasteiger partial charge in [-0.3, -0.25) is 0 Å². The fourth-order valence-corrected chi connectivity index (χ4v) is 13.9. The van der Waals surface area contributed by atoms with Crippen molar-refractivity contribution in [2.45, 2.75) is 12.8 Å². The molecule has 0 amide bonds. The number of thiophene rings is 2. The molecule has 15 aromatic rings. The van der Waals surface area contributed by atoms with E-state index < -0.39 is 0 Å². The molecule has 2 heteroatoms. The maximum Gasteiger partial charge on any atom is 0.00150 e. The van der Waals surface area contributed by atoms with Crippen molar-refractivity contribution in [3.05, 3.63) is 178 Å². The molecular weight excluding hydrogens is 809 g/mol. The Labute approximate surface area is 373 Å². The molecule has 0 fully saturated rings. The van der Waals surface area contributed by atoms with E-state index >= 15 is 0 Å². The largest absolute Gasteiger partial charge is 0.151 e. The monoisotopic (exact) mass is 842 g/mol. The number of hydrogen-bond acceptors (Lipinski definition) is 2. The topological polar surface area (TPSA) is 0 Å². The van der Waals surface area contributed by atoms with Gasteiger partial charge in [0.25, 0.3) is 0 Å². The summed E-state index contributed by atoms with van der Waals surface area (Å²) >= 11 is 3.68. The van der Waals surface area contributed by atoms with Crippen molar-refractivity contribution in [1.29, 1.82) is 0 Å². The molecule has 0 spiro atoms. The van der Waals surface area contributed by atoms with Gasteiger partial charge in [0.05, 0.1) is 0 Å². The second kappa shape index (κ2) is 12.2. The summed E-state index contributed by atoms with van der Waals surface area (Å²) in [4.78, 5) is 0. The summed E-state index contributed by atoms with van der Waals surface area (Å²) < 4.78 is 0. The average molecular weight is 843 g/mol. The van der Waals surface area contributed by atoms with Crippen molar-refractivity contribution in [3.63, 3.8) is 0 Å². The van der Waals surface area contributed by atoms with Gasteiger partial charge in [-0.05, 0) is 236 Å². The van der Waals surface area contributed by atoms with Crippen LogP contribution in [0.3, 0.4) is 0 Å². The number of fused-ring (bicyclic) bond motifs is 27. The Morgan fingerprint density at radius 3 is 0.938 bits per heavy atom. The fraction of sp³-hybridized carbons (Fsp3) is 0.0323. The Morgan fingerprint density at radius 1 is 0.234 bits per heavy atom. The van der Waals surface area contributed by atoms with Crippen LogP contribution in [0.2, 0.25) is 0 Å². The molecule has 13 aromatic carbocycles. The smallest absolute Gasteiger partial charge is 0.00150 e. The predicted octanol–water partition coefficient (Wildman–Crippen LogP) is 17.3. The van der Waals surface area contributed by atoms with Gasteiger partial charge in [0.15, 0.2) is 0 Å². The molecule has 1 aliphatic rings. The molecule has 0 unspecified atom stereocenters. The van der Waals surface area contributed by atoms with E-state index in [-0.39, 0.29) is 0 Å². The summed E-state index contributed by atoms with van der Waals surface area (Å²) in [5, 5.41) is 49.7. The van der Waals surface area contributed by atoms with Crippen LogP contribution >= 0.6 is 22.7 Å². The zero-order valence-electron chi connectivity index (χ0n) is 34.6. The maximum absolute atomic E-state index is 2.58. The van der Waals surface area contributed by atoms with Crippen molar-refractivity contribution in [2.75, 3.05) is 0 Å². The molecular formula is C62H34S2. The van der Waals surface area contributed by atoms with Crippen molar-refractivity contribution in [1.82, 2.24) is 0 Å². The van der Waals surface area contributed by atoms with E-state index in [1.165, 1.54) is 161 Å². The normalized spacial score (nSPS) is 13.4. The van der Waals surface area contributed by atoms with E-state index in [2.05, 4.69) is 179 Å². The number of benzene rings is 13. The molecule has 2 heterocycles. The molecule has 0 bridgehead atoms. The molecule has 64 heavy (non-hydrogen) atoms. The predicted molar refractivity (Wildman–Crippen MR) is 285 cm³/mol. The zero-order valence-corrected chi connectivity index (χ0v) is 36.2. The van der Waals surface area contributed by atoms with Crippen molar-refractivity contribution < 1.29 is 0 Å². The van der Waals surface area contributed by atoms with Gasteiger partial charge in [0.1, 0.15) is 0 Å². The first-order valence-electron chi connectivity index (χ1n) is 22.4. The van der Waals surface area contributed by atoms with E-state index in [0.29, 0.717) is 0 Å². The SMILES string of the molecule is C1=c2c(c3c(c4cc5cc6ccccc6cc5cc24)c2c4cscc4c4cc5cc6ccccc6cc5cc4c2c2c4cscc4c4cc5cc6ccccc6cc5cc4c32)=CCC1. The van der Waals surface area contributed by atoms with Gasteiger partial charge in [-0.25, -0.2) is 0 Å². The Morgan fingerprint density at radius 2 is 0.531 bits per heavy atom. The van der Waals surface area contributed by atoms with Gasteiger partial charge in [-0.2, -0.15) is 22.7 Å². The third kappa shape index (κ3) is 4.42. The van der Waals surface area contributed by atoms with Crippen LogP contribution in [0, 0.1) is 0 Å². The lowest BCUT2D eigenvalue weighted by Gasteiger charge is -2.21. The van der Waals surface area contributed by atoms with Crippen LogP contribution in [-0.2, 0) is 0 Å². The van der Waals surface area contributed by atoms with Crippen LogP contribution in [0.15, 0.2) is 167 Å². The Balaban J connectivity index is 1.25. The summed E-state index contributed by atoms with van der Waals surface area (Å²) in [5.41, 5.74) is 0. The standard InChI is InChI=1S/C62H34S2/c1-4-12-36-20-42-26-50-47(23-39(42)17-33(36)9-1)45-15-7-8-16-46(45)57-58(50)61-55-31-64-30-54(55)49-25-41-19-35-11-3-6-14-38(35)22-44(41)28-52(49)60(61)62-56-32-63-29-53(56)48-24-40-18-34-10-2-5-13-37(34)21-43(40)27-51(48)59(57)62/h1-6,9-32H,7-8H2. The summed E-state index contributed by atoms with van der Waals surface area (Å²) in [6.07, 6.45) is 7.20. The first-order valence-corrected chi connectivity index (χ1v) is 24.3. The molecule has 0 saturated heterocycles. The van der Waals surface area contributed by atoms with Crippen LogP contribution < -0.4 is 10.4 Å². The van der Waals surface area contributed by atoms with Crippen LogP contribution in [-0.4, -0.2) is 0 Å². The minimum atomic E-state index is 1.03. The van der Waals surface area contributed by atoms with E-state index in [4.69, 9.17) is 0 Å². The molecule has 2 aromatic heterocycles. The molecule has 16 rings (SSSR count). The van der Waals surface area contributed by atoms with E-state index in [0.717, 1.165) is 12.8 Å². The highest BCUT2D eigenvalue weighted by molar-refractivity contribution is 7.10. The van der Waals surface area contributed by atoms with Gasteiger partial charge < -0.3 is 0 Å². The van der Waals surface area contributed by atoms with Gasteiger partial charge in [-0.1, -0.05) is 84.9 Å². The number of hydrogen-bond donors (Lipinski definition) is 0. The van der Waals surface area contributed by atoms with Crippen LogP contribution in [0.1, 0.15) is 12.8 Å². The Kier molecular flexibility index (Phi) is 6.52. The number of rotatable bonds is 0. The lowest BCUT2D eigenvalue weighted by atomic mass is 9.81. The molecule has 0 atom stereocenters. The third-order valence-corrected chi connectivity index (χ3v) is 16.5. The van der Waals surface area contributed by atoms with E-state index in [1.54, 1.807) is 0 Å². The molecule has 0 aliphatic heterocycles. The first-order chi connectivity index (χ1) is 31.7. The van der Waals surface area contributed by atoms with Gasteiger partial charge in [-0.15, -0.1) is 0 Å². The molecule has 0 saturated carbocycles. The Hall–Kier alpha value is -7.36. The minimum absolute atomic E-state index is 1.03. The summed E-state index contributed by atoms with van der Waals surface area (Å²) in [6, 6.07) is 56.1. The first kappa shape index (κ1) is 34.2. The minimum Gasteiger partial charge on any atom is -0.151 e. The van der Waals surface area contributed by atoms with Crippen molar-refractivity contribution >= 4 is 186 Å². The molecule has 0 N–H and O–H groups in total. The van der Waals surface area contributed by atoms with Crippen molar-refractivity contribution in [3.8, 4) is 0 Å². The van der Waals surface area contributed by atoms with Crippen LogP contribution in [0.4, 0.5) is 0 Å². The zero-order chi connectivity index (χ0) is 41.4. The molecule has 294 valence electrons. The van der Waals surface area contributed by atoms with Gasteiger partial charge in [0, 0.05) is 32.3 Å². The molecule has 0 nitrogen and oxygen atoms in total.